The number of aromatic nitrogens is 4. The molecule has 0 bridgehead atoms. The first-order chi connectivity index (χ1) is 27.2. The summed E-state index contributed by atoms with van der Waals surface area (Å²) in [6.45, 7) is 0. The van der Waals surface area contributed by atoms with E-state index in [2.05, 4.69) is 128 Å². The van der Waals surface area contributed by atoms with Gasteiger partial charge in [-0.1, -0.05) is 72.8 Å². The lowest BCUT2D eigenvalue weighted by Crippen LogP contribution is -1.94. The van der Waals surface area contributed by atoms with Crippen molar-refractivity contribution in [2.75, 3.05) is 10.6 Å². The van der Waals surface area contributed by atoms with E-state index in [-0.39, 0.29) is 0 Å². The van der Waals surface area contributed by atoms with Gasteiger partial charge in [0.15, 0.2) is 0 Å². The minimum absolute atomic E-state index is 0.978. The van der Waals surface area contributed by atoms with Crippen LogP contribution in [0.1, 0.15) is 0 Å². The Hall–Kier alpha value is -7.22. The molecule has 0 aliphatic carbocycles. The van der Waals surface area contributed by atoms with Gasteiger partial charge >= 0.3 is 0 Å². The largest absolute Gasteiger partial charge is 0.355 e. The van der Waals surface area contributed by atoms with E-state index in [1.165, 1.54) is 0 Å². The van der Waals surface area contributed by atoms with E-state index in [0.29, 0.717) is 0 Å². The Morgan fingerprint density at radius 1 is 0.291 bits per heavy atom. The molecule has 5 heterocycles. The van der Waals surface area contributed by atoms with Crippen LogP contribution >= 0.6 is 11.3 Å². The smallest absolute Gasteiger partial charge is 0.0478 e. The van der Waals surface area contributed by atoms with E-state index in [4.69, 9.17) is 0 Å². The molecule has 0 unspecified atom stereocenters. The second-order valence-corrected chi connectivity index (χ2v) is 14.1. The van der Waals surface area contributed by atoms with Crippen molar-refractivity contribution in [3.05, 3.63) is 195 Å². The Morgan fingerprint density at radius 3 is 0.945 bits per heavy atom. The van der Waals surface area contributed by atoms with Gasteiger partial charge < -0.3 is 10.6 Å². The molecule has 2 N–H and O–H groups in total. The first kappa shape index (κ1) is 33.6. The first-order valence-corrected chi connectivity index (χ1v) is 18.8. The van der Waals surface area contributed by atoms with Gasteiger partial charge in [0.25, 0.3) is 0 Å². The molecule has 0 fully saturated rings. The summed E-state index contributed by atoms with van der Waals surface area (Å²) in [5.74, 6) is 0. The number of rotatable bonds is 10. The van der Waals surface area contributed by atoms with Crippen molar-refractivity contribution < 1.29 is 0 Å². The highest BCUT2D eigenvalue weighted by molar-refractivity contribution is 7.19. The summed E-state index contributed by atoms with van der Waals surface area (Å²) in [6.07, 6.45) is 14.5. The van der Waals surface area contributed by atoms with E-state index in [9.17, 15) is 0 Å². The zero-order valence-electron chi connectivity index (χ0n) is 29.7. The van der Waals surface area contributed by atoms with E-state index in [1.807, 2.05) is 98.1 Å². The standard InChI is InChI=1S/C48H34N6S/c1-5-35(6-2-33(1)37-15-23-49-24-16-37)39-9-11-43(45(31-39)53-41-19-27-51-28-20-41)47-13-14-48(55-47)44-12-10-40(32-46(44)54-42-21-29-52-30-22-42)36-7-3-34(4-8-36)38-17-25-50-26-18-38/h1-32H,(H,51,53)(H,52,54). The lowest BCUT2D eigenvalue weighted by molar-refractivity contribution is 1.32. The van der Waals surface area contributed by atoms with Gasteiger partial charge in [0, 0.05) is 93.2 Å². The highest BCUT2D eigenvalue weighted by Crippen LogP contribution is 2.43. The molecule has 0 aliphatic rings. The average Bonchev–Trinajstić information content (AvgIpc) is 3.75. The van der Waals surface area contributed by atoms with Crippen molar-refractivity contribution in [2.24, 2.45) is 0 Å². The van der Waals surface area contributed by atoms with Gasteiger partial charge in [0.05, 0.1) is 0 Å². The molecule has 0 saturated carbocycles. The quantitative estimate of drug-likeness (QED) is 0.146. The van der Waals surface area contributed by atoms with Crippen molar-refractivity contribution >= 4 is 34.1 Å². The lowest BCUT2D eigenvalue weighted by atomic mass is 9.98. The first-order valence-electron chi connectivity index (χ1n) is 18.0. The number of hydrogen-bond acceptors (Lipinski definition) is 7. The van der Waals surface area contributed by atoms with Gasteiger partial charge in [-0.05, 0) is 117 Å². The predicted octanol–water partition coefficient (Wildman–Crippen LogP) is 12.8. The van der Waals surface area contributed by atoms with Gasteiger partial charge in [-0.15, -0.1) is 11.3 Å². The molecule has 5 aromatic heterocycles. The van der Waals surface area contributed by atoms with Crippen LogP contribution in [0.2, 0.25) is 0 Å². The molecule has 55 heavy (non-hydrogen) atoms. The molecule has 0 saturated heterocycles. The summed E-state index contributed by atoms with van der Waals surface area (Å²) in [7, 11) is 0. The number of hydrogen-bond donors (Lipinski definition) is 2. The molecule has 0 atom stereocenters. The number of nitrogens with zero attached hydrogens (tertiary/aromatic N) is 4. The Balaban J connectivity index is 1.06. The van der Waals surface area contributed by atoms with Crippen LogP contribution in [0.25, 0.3) is 65.4 Å². The Labute approximate surface area is 324 Å². The van der Waals surface area contributed by atoms with Crippen molar-refractivity contribution in [1.82, 2.24) is 19.9 Å². The number of thiophene rings is 1. The second kappa shape index (κ2) is 15.4. The molecule has 9 rings (SSSR count). The van der Waals surface area contributed by atoms with Crippen LogP contribution in [0.4, 0.5) is 22.7 Å². The third-order valence-corrected chi connectivity index (χ3v) is 10.7. The molecule has 262 valence electrons. The highest BCUT2D eigenvalue weighted by Gasteiger charge is 2.15. The predicted molar refractivity (Wildman–Crippen MR) is 228 cm³/mol. The van der Waals surface area contributed by atoms with Gasteiger partial charge in [0.1, 0.15) is 0 Å². The fourth-order valence-corrected chi connectivity index (χ4v) is 7.78. The molecule has 6 nitrogen and oxygen atoms in total. The maximum absolute atomic E-state index is 4.23. The zero-order chi connectivity index (χ0) is 36.8. The van der Waals surface area contributed by atoms with Crippen LogP contribution in [0.15, 0.2) is 195 Å². The molecule has 0 radical (unpaired) electrons. The number of anilines is 4. The van der Waals surface area contributed by atoms with Crippen LogP contribution < -0.4 is 10.6 Å². The normalized spacial score (nSPS) is 10.9. The fraction of sp³-hybridized carbons (Fsp3) is 0. The molecular weight excluding hydrogens is 693 g/mol. The summed E-state index contributed by atoms with van der Waals surface area (Å²) in [5.41, 5.74) is 15.4. The van der Waals surface area contributed by atoms with Crippen molar-refractivity contribution in [3.8, 4) is 65.4 Å². The summed E-state index contributed by atoms with van der Waals surface area (Å²) in [5, 5.41) is 7.38. The van der Waals surface area contributed by atoms with E-state index < -0.39 is 0 Å². The lowest BCUT2D eigenvalue weighted by Gasteiger charge is -2.15. The monoisotopic (exact) mass is 726 g/mol. The topological polar surface area (TPSA) is 75.6 Å². The van der Waals surface area contributed by atoms with Crippen LogP contribution in [0.3, 0.4) is 0 Å². The van der Waals surface area contributed by atoms with Crippen molar-refractivity contribution in [3.63, 3.8) is 0 Å². The van der Waals surface area contributed by atoms with E-state index in [1.54, 1.807) is 11.3 Å². The summed E-state index contributed by atoms with van der Waals surface area (Å²) in [4.78, 5) is 19.1. The molecule has 4 aromatic carbocycles. The molecule has 0 amide bonds. The number of pyridine rings is 4. The van der Waals surface area contributed by atoms with Gasteiger partial charge in [-0.2, -0.15) is 0 Å². The SMILES string of the molecule is c1cc(Nc2cc(-c3ccc(-c4ccncc4)cc3)ccc2-c2ccc(-c3ccc(-c4ccc(-c5ccncc5)cc4)cc3Nc3ccncc3)s2)ccn1. The van der Waals surface area contributed by atoms with Crippen molar-refractivity contribution in [1.29, 1.82) is 0 Å². The van der Waals surface area contributed by atoms with Crippen LogP contribution in [-0.4, -0.2) is 19.9 Å². The molecular formula is C48H34N6S. The van der Waals surface area contributed by atoms with Gasteiger partial charge in [-0.3, -0.25) is 19.9 Å². The Kier molecular flexibility index (Phi) is 9.41. The van der Waals surface area contributed by atoms with Crippen LogP contribution in [0.5, 0.6) is 0 Å². The third kappa shape index (κ3) is 7.51. The second-order valence-electron chi connectivity index (χ2n) is 13.0. The van der Waals surface area contributed by atoms with Crippen LogP contribution in [0, 0.1) is 0 Å². The Morgan fingerprint density at radius 2 is 0.582 bits per heavy atom. The van der Waals surface area contributed by atoms with Gasteiger partial charge in [0.2, 0.25) is 0 Å². The minimum Gasteiger partial charge on any atom is -0.355 e. The molecule has 9 aromatic rings. The van der Waals surface area contributed by atoms with Gasteiger partial charge in [-0.25, -0.2) is 0 Å². The summed E-state index contributed by atoms with van der Waals surface area (Å²) < 4.78 is 0. The summed E-state index contributed by atoms with van der Waals surface area (Å²) in [6, 6.07) is 51.3. The third-order valence-electron chi connectivity index (χ3n) is 9.56. The molecule has 0 spiro atoms. The molecule has 0 aliphatic heterocycles. The molecule has 7 heteroatoms. The zero-order valence-corrected chi connectivity index (χ0v) is 30.5. The Bertz CT molecular complexity index is 2480. The van der Waals surface area contributed by atoms with E-state index >= 15 is 0 Å². The summed E-state index contributed by atoms with van der Waals surface area (Å²) >= 11 is 1.78. The highest BCUT2D eigenvalue weighted by atomic mass is 32.1. The minimum atomic E-state index is 0.978. The number of nitrogens with one attached hydrogen (secondary N) is 2. The maximum Gasteiger partial charge on any atom is 0.0478 e. The maximum atomic E-state index is 4.23. The van der Waals surface area contributed by atoms with Crippen molar-refractivity contribution in [2.45, 2.75) is 0 Å². The number of benzene rings is 4. The van der Waals surface area contributed by atoms with Crippen LogP contribution in [-0.2, 0) is 0 Å². The van der Waals surface area contributed by atoms with E-state index in [0.717, 1.165) is 88.1 Å². The fourth-order valence-electron chi connectivity index (χ4n) is 6.69. The average molecular weight is 727 g/mol.